The molecular formula is C24H23NO5. The van der Waals surface area contributed by atoms with E-state index in [1.807, 2.05) is 61.7 Å². The third-order valence-corrected chi connectivity index (χ3v) is 5.14. The summed E-state index contributed by atoms with van der Waals surface area (Å²) < 4.78 is 18.4. The molecule has 2 heterocycles. The van der Waals surface area contributed by atoms with Gasteiger partial charge in [0.25, 0.3) is 0 Å². The number of esters is 1. The third-order valence-electron chi connectivity index (χ3n) is 5.14. The van der Waals surface area contributed by atoms with Gasteiger partial charge in [-0.3, -0.25) is 4.79 Å². The van der Waals surface area contributed by atoms with E-state index < -0.39 is 12.1 Å². The largest absolute Gasteiger partial charge is 0.485 e. The first-order chi connectivity index (χ1) is 14.4. The monoisotopic (exact) mass is 405 g/mol. The van der Waals surface area contributed by atoms with Crippen LogP contribution in [0.5, 0.6) is 11.5 Å². The van der Waals surface area contributed by atoms with E-state index in [1.54, 1.807) is 18.2 Å². The molecule has 1 aromatic heterocycles. The van der Waals surface area contributed by atoms with Gasteiger partial charge in [-0.05, 0) is 51.1 Å². The van der Waals surface area contributed by atoms with Crippen LogP contribution in [0, 0.1) is 20.8 Å². The van der Waals surface area contributed by atoms with Crippen LogP contribution in [0.1, 0.15) is 27.3 Å². The van der Waals surface area contributed by atoms with E-state index in [0.29, 0.717) is 17.1 Å². The second kappa shape index (κ2) is 8.06. The van der Waals surface area contributed by atoms with Gasteiger partial charge in [0, 0.05) is 22.6 Å². The molecule has 2 aromatic carbocycles. The van der Waals surface area contributed by atoms with E-state index in [1.165, 1.54) is 5.56 Å². The number of ketones is 1. The molecule has 0 saturated carbocycles. The number of hydrogen-bond donors (Lipinski definition) is 0. The lowest BCUT2D eigenvalue weighted by Gasteiger charge is -2.24. The van der Waals surface area contributed by atoms with E-state index in [-0.39, 0.29) is 19.0 Å². The standard InChI is InChI=1S/C24H23NO5/c1-15-8-10-18(11-9-15)25-16(2)12-19(17(25)3)20(26)13-29-24(27)23-14-28-21-6-4-5-7-22(21)30-23/h4-12,23H,13-14H2,1-3H3. The molecule has 6 nitrogen and oxygen atoms in total. The third kappa shape index (κ3) is 3.81. The minimum Gasteiger partial charge on any atom is -0.485 e. The summed E-state index contributed by atoms with van der Waals surface area (Å²) in [6.07, 6.45) is -0.896. The number of para-hydroxylation sites is 2. The fraction of sp³-hybridized carbons (Fsp3) is 0.250. The molecule has 0 amide bonds. The van der Waals surface area contributed by atoms with E-state index in [0.717, 1.165) is 17.1 Å². The van der Waals surface area contributed by atoms with Crippen molar-refractivity contribution in [3.63, 3.8) is 0 Å². The maximum Gasteiger partial charge on any atom is 0.351 e. The number of rotatable bonds is 5. The normalized spacial score (nSPS) is 15.0. The van der Waals surface area contributed by atoms with Crippen LogP contribution in [0.25, 0.3) is 5.69 Å². The molecular weight excluding hydrogens is 382 g/mol. The fourth-order valence-electron chi connectivity index (χ4n) is 3.58. The summed E-state index contributed by atoms with van der Waals surface area (Å²) in [6.45, 7) is 5.56. The van der Waals surface area contributed by atoms with Crippen molar-refractivity contribution >= 4 is 11.8 Å². The SMILES string of the molecule is Cc1ccc(-n2c(C)cc(C(=O)COC(=O)C3COc4ccccc4O3)c2C)cc1. The Bertz CT molecular complexity index is 1100. The number of fused-ring (bicyclic) bond motifs is 1. The Labute approximate surface area is 175 Å². The van der Waals surface area contributed by atoms with Crippen LogP contribution in [0.2, 0.25) is 0 Å². The van der Waals surface area contributed by atoms with Crippen molar-refractivity contribution in [1.29, 1.82) is 0 Å². The smallest absolute Gasteiger partial charge is 0.351 e. The Morgan fingerprint density at radius 1 is 1.03 bits per heavy atom. The molecule has 1 aliphatic rings. The van der Waals surface area contributed by atoms with Crippen LogP contribution in [0.3, 0.4) is 0 Å². The summed E-state index contributed by atoms with van der Waals surface area (Å²) in [5, 5.41) is 0. The Morgan fingerprint density at radius 2 is 1.73 bits per heavy atom. The molecule has 0 bridgehead atoms. The number of aryl methyl sites for hydroxylation is 2. The minimum atomic E-state index is -0.896. The van der Waals surface area contributed by atoms with Crippen LogP contribution in [0.4, 0.5) is 0 Å². The highest BCUT2D eigenvalue weighted by Crippen LogP contribution is 2.31. The molecule has 0 spiro atoms. The first kappa shape index (κ1) is 19.8. The molecule has 1 aliphatic heterocycles. The lowest BCUT2D eigenvalue weighted by molar-refractivity contribution is -0.153. The molecule has 0 saturated heterocycles. The second-order valence-corrected chi connectivity index (χ2v) is 7.35. The van der Waals surface area contributed by atoms with Gasteiger partial charge in [0.15, 0.2) is 18.1 Å². The quantitative estimate of drug-likeness (QED) is 0.475. The van der Waals surface area contributed by atoms with Gasteiger partial charge in [-0.15, -0.1) is 0 Å². The van der Waals surface area contributed by atoms with Crippen LogP contribution in [0.15, 0.2) is 54.6 Å². The van der Waals surface area contributed by atoms with Crippen molar-refractivity contribution in [3.05, 3.63) is 77.1 Å². The first-order valence-corrected chi connectivity index (χ1v) is 9.78. The number of hydrogen-bond acceptors (Lipinski definition) is 5. The van der Waals surface area contributed by atoms with Crippen molar-refractivity contribution in [1.82, 2.24) is 4.57 Å². The number of carbonyl (C=O) groups is 2. The van der Waals surface area contributed by atoms with Crippen molar-refractivity contribution in [3.8, 4) is 17.2 Å². The maximum atomic E-state index is 12.7. The number of nitrogens with zero attached hydrogens (tertiary/aromatic N) is 1. The van der Waals surface area contributed by atoms with E-state index in [2.05, 4.69) is 0 Å². The first-order valence-electron chi connectivity index (χ1n) is 9.78. The van der Waals surface area contributed by atoms with Gasteiger partial charge in [0.1, 0.15) is 6.61 Å². The molecule has 154 valence electrons. The van der Waals surface area contributed by atoms with Crippen LogP contribution in [-0.4, -0.2) is 35.6 Å². The lowest BCUT2D eigenvalue weighted by atomic mass is 10.1. The zero-order chi connectivity index (χ0) is 21.3. The molecule has 6 heteroatoms. The van der Waals surface area contributed by atoms with Gasteiger partial charge in [-0.2, -0.15) is 0 Å². The summed E-state index contributed by atoms with van der Waals surface area (Å²) in [5.74, 6) is 0.192. The molecule has 3 aromatic rings. The second-order valence-electron chi connectivity index (χ2n) is 7.35. The van der Waals surface area contributed by atoms with Crippen molar-refractivity contribution in [2.45, 2.75) is 26.9 Å². The fourth-order valence-corrected chi connectivity index (χ4v) is 3.58. The predicted octanol–water partition coefficient (Wildman–Crippen LogP) is 3.97. The molecule has 4 rings (SSSR count). The van der Waals surface area contributed by atoms with Crippen molar-refractivity contribution in [2.24, 2.45) is 0 Å². The van der Waals surface area contributed by atoms with Crippen molar-refractivity contribution in [2.75, 3.05) is 13.2 Å². The molecule has 0 aliphatic carbocycles. The van der Waals surface area contributed by atoms with Gasteiger partial charge in [-0.25, -0.2) is 4.79 Å². The number of aromatic nitrogens is 1. The molecule has 0 N–H and O–H groups in total. The highest BCUT2D eigenvalue weighted by Gasteiger charge is 2.29. The topological polar surface area (TPSA) is 66.8 Å². The molecule has 1 atom stereocenters. The summed E-state index contributed by atoms with van der Waals surface area (Å²) in [7, 11) is 0. The molecule has 0 radical (unpaired) electrons. The zero-order valence-electron chi connectivity index (χ0n) is 17.2. The van der Waals surface area contributed by atoms with E-state index in [4.69, 9.17) is 14.2 Å². The van der Waals surface area contributed by atoms with Gasteiger partial charge in [0.05, 0.1) is 0 Å². The number of Topliss-reactive ketones (excluding diaryl/α,β-unsaturated/α-hetero) is 1. The van der Waals surface area contributed by atoms with Crippen LogP contribution >= 0.6 is 0 Å². The van der Waals surface area contributed by atoms with Crippen LogP contribution in [-0.2, 0) is 9.53 Å². The van der Waals surface area contributed by atoms with Gasteiger partial charge >= 0.3 is 5.97 Å². The van der Waals surface area contributed by atoms with Gasteiger partial charge in [0.2, 0.25) is 11.9 Å². The molecule has 0 fully saturated rings. The van der Waals surface area contributed by atoms with E-state index >= 15 is 0 Å². The highest BCUT2D eigenvalue weighted by atomic mass is 16.6. The number of carbonyl (C=O) groups excluding carboxylic acids is 2. The average molecular weight is 405 g/mol. The molecule has 30 heavy (non-hydrogen) atoms. The van der Waals surface area contributed by atoms with Crippen LogP contribution < -0.4 is 9.47 Å². The summed E-state index contributed by atoms with van der Waals surface area (Å²) >= 11 is 0. The number of ether oxygens (including phenoxy) is 3. The highest BCUT2D eigenvalue weighted by molar-refractivity contribution is 5.99. The van der Waals surface area contributed by atoms with Crippen molar-refractivity contribution < 1.29 is 23.8 Å². The Kier molecular flexibility index (Phi) is 5.31. The molecule has 1 unspecified atom stereocenters. The van der Waals surface area contributed by atoms with E-state index in [9.17, 15) is 9.59 Å². The lowest BCUT2D eigenvalue weighted by Crippen LogP contribution is -2.38. The minimum absolute atomic E-state index is 0.0476. The summed E-state index contributed by atoms with van der Waals surface area (Å²) in [6, 6.07) is 17.0. The zero-order valence-corrected chi connectivity index (χ0v) is 17.2. The van der Waals surface area contributed by atoms with Gasteiger partial charge < -0.3 is 18.8 Å². The average Bonchev–Trinajstić information content (AvgIpc) is 3.06. The Morgan fingerprint density at radius 3 is 2.47 bits per heavy atom. The maximum absolute atomic E-state index is 12.7. The summed E-state index contributed by atoms with van der Waals surface area (Å²) in [5.41, 5.74) is 4.43. The Balaban J connectivity index is 1.43. The number of benzene rings is 2. The summed E-state index contributed by atoms with van der Waals surface area (Å²) in [4.78, 5) is 25.1. The van der Waals surface area contributed by atoms with Gasteiger partial charge in [-0.1, -0.05) is 29.8 Å². The predicted molar refractivity (Wildman–Crippen MR) is 112 cm³/mol. The Hall–Kier alpha value is -3.54.